The smallest absolute Gasteiger partial charge is 0.117 e. The highest BCUT2D eigenvalue weighted by Gasteiger charge is 1.81. The van der Waals surface area contributed by atoms with Crippen molar-refractivity contribution >= 4 is 0 Å². The van der Waals surface area contributed by atoms with E-state index < -0.39 is 0 Å². The standard InChI is InChI=1S/C10H20O2/c1-3-5-7-11-9-10-12-8-6-4-2/h9-10H,3-8H2,1-2H3. The van der Waals surface area contributed by atoms with Gasteiger partial charge in [0.25, 0.3) is 0 Å². The van der Waals surface area contributed by atoms with Crippen LogP contribution < -0.4 is 0 Å². The number of hydrogen-bond acceptors (Lipinski definition) is 2. The minimum atomic E-state index is 0.796. The van der Waals surface area contributed by atoms with Gasteiger partial charge in [0.05, 0.1) is 13.2 Å². The van der Waals surface area contributed by atoms with Crippen molar-refractivity contribution in [2.75, 3.05) is 13.2 Å². The molecular weight excluding hydrogens is 152 g/mol. The molecule has 0 N–H and O–H groups in total. The first-order valence-electron chi connectivity index (χ1n) is 4.80. The average Bonchev–Trinajstić information content (AvgIpc) is 2.10. The molecule has 0 spiro atoms. The SMILES string of the molecule is CCCCOC=COCCCC. The van der Waals surface area contributed by atoms with Gasteiger partial charge < -0.3 is 9.47 Å². The number of hydrogen-bond donors (Lipinski definition) is 0. The molecule has 0 rings (SSSR count). The maximum atomic E-state index is 5.15. The summed E-state index contributed by atoms with van der Waals surface area (Å²) in [7, 11) is 0. The van der Waals surface area contributed by atoms with Crippen LogP contribution in [0.15, 0.2) is 12.5 Å². The molecule has 0 aliphatic heterocycles. The zero-order chi connectivity index (χ0) is 9.07. The highest BCUT2D eigenvalue weighted by molar-refractivity contribution is 4.60. The van der Waals surface area contributed by atoms with Gasteiger partial charge in [0, 0.05) is 0 Å². The molecule has 0 aromatic rings. The van der Waals surface area contributed by atoms with Crippen molar-refractivity contribution in [3.05, 3.63) is 12.5 Å². The lowest BCUT2D eigenvalue weighted by Crippen LogP contribution is -1.88. The van der Waals surface area contributed by atoms with Crippen LogP contribution in [-0.4, -0.2) is 13.2 Å². The lowest BCUT2D eigenvalue weighted by molar-refractivity contribution is 0.199. The zero-order valence-electron chi connectivity index (χ0n) is 8.21. The molecule has 0 atom stereocenters. The molecule has 0 aliphatic rings. The van der Waals surface area contributed by atoms with E-state index in [0.717, 1.165) is 26.1 Å². The summed E-state index contributed by atoms with van der Waals surface area (Å²) in [5, 5.41) is 0. The first kappa shape index (κ1) is 11.3. The molecule has 0 bridgehead atoms. The van der Waals surface area contributed by atoms with Crippen LogP contribution in [0, 0.1) is 0 Å². The first-order valence-corrected chi connectivity index (χ1v) is 4.80. The highest BCUT2D eigenvalue weighted by Crippen LogP contribution is 1.91. The van der Waals surface area contributed by atoms with Crippen molar-refractivity contribution < 1.29 is 9.47 Å². The third kappa shape index (κ3) is 9.34. The highest BCUT2D eigenvalue weighted by atomic mass is 16.5. The van der Waals surface area contributed by atoms with E-state index in [-0.39, 0.29) is 0 Å². The van der Waals surface area contributed by atoms with Crippen molar-refractivity contribution in [2.24, 2.45) is 0 Å². The number of rotatable bonds is 8. The summed E-state index contributed by atoms with van der Waals surface area (Å²) in [6.07, 6.45) is 7.82. The molecule has 0 saturated carbocycles. The maximum absolute atomic E-state index is 5.15. The molecule has 0 unspecified atom stereocenters. The normalized spacial score (nSPS) is 10.5. The van der Waals surface area contributed by atoms with Crippen molar-refractivity contribution in [3.8, 4) is 0 Å². The summed E-state index contributed by atoms with van der Waals surface area (Å²) in [4.78, 5) is 0. The van der Waals surface area contributed by atoms with Gasteiger partial charge in [-0.25, -0.2) is 0 Å². The molecule has 0 saturated heterocycles. The van der Waals surface area contributed by atoms with Crippen LogP contribution in [-0.2, 0) is 9.47 Å². The van der Waals surface area contributed by atoms with Gasteiger partial charge in [-0.3, -0.25) is 0 Å². The second-order valence-corrected chi connectivity index (χ2v) is 2.72. The molecule has 0 radical (unpaired) electrons. The van der Waals surface area contributed by atoms with Gasteiger partial charge in [0.1, 0.15) is 12.5 Å². The van der Waals surface area contributed by atoms with Gasteiger partial charge in [-0.2, -0.15) is 0 Å². The minimum absolute atomic E-state index is 0.796. The fourth-order valence-electron chi connectivity index (χ4n) is 0.670. The Hall–Kier alpha value is -0.660. The van der Waals surface area contributed by atoms with Crippen molar-refractivity contribution in [3.63, 3.8) is 0 Å². The third-order valence-corrected chi connectivity index (χ3v) is 1.48. The minimum Gasteiger partial charge on any atom is -0.498 e. The zero-order valence-corrected chi connectivity index (χ0v) is 8.21. The van der Waals surface area contributed by atoms with E-state index in [0.29, 0.717) is 0 Å². The largest absolute Gasteiger partial charge is 0.498 e. The van der Waals surface area contributed by atoms with Crippen LogP contribution in [0.5, 0.6) is 0 Å². The quantitative estimate of drug-likeness (QED) is 0.414. The van der Waals surface area contributed by atoms with Gasteiger partial charge in [-0.05, 0) is 12.8 Å². The first-order chi connectivity index (χ1) is 5.91. The summed E-state index contributed by atoms with van der Waals surface area (Å²) in [6.45, 7) is 5.88. The van der Waals surface area contributed by atoms with Crippen LogP contribution in [0.3, 0.4) is 0 Å². The van der Waals surface area contributed by atoms with Crippen LogP contribution in [0.2, 0.25) is 0 Å². The summed E-state index contributed by atoms with van der Waals surface area (Å²) < 4.78 is 10.3. The van der Waals surface area contributed by atoms with E-state index in [1.54, 1.807) is 12.5 Å². The number of unbranched alkanes of at least 4 members (excludes halogenated alkanes) is 2. The average molecular weight is 172 g/mol. The Bertz CT molecular complexity index is 88.0. The topological polar surface area (TPSA) is 18.5 Å². The lowest BCUT2D eigenvalue weighted by atomic mass is 10.4. The van der Waals surface area contributed by atoms with Crippen molar-refractivity contribution in [1.29, 1.82) is 0 Å². The summed E-state index contributed by atoms with van der Waals surface area (Å²) in [5.74, 6) is 0. The molecule has 0 heterocycles. The molecular formula is C10H20O2. The second-order valence-electron chi connectivity index (χ2n) is 2.72. The van der Waals surface area contributed by atoms with E-state index in [1.807, 2.05) is 0 Å². The van der Waals surface area contributed by atoms with Gasteiger partial charge in [-0.15, -0.1) is 0 Å². The maximum Gasteiger partial charge on any atom is 0.117 e. The monoisotopic (exact) mass is 172 g/mol. The van der Waals surface area contributed by atoms with Crippen molar-refractivity contribution in [1.82, 2.24) is 0 Å². The predicted molar refractivity (Wildman–Crippen MR) is 50.9 cm³/mol. The summed E-state index contributed by atoms with van der Waals surface area (Å²) in [6, 6.07) is 0. The van der Waals surface area contributed by atoms with E-state index >= 15 is 0 Å². The Kier molecular flexibility index (Phi) is 9.77. The fourth-order valence-corrected chi connectivity index (χ4v) is 0.670. The molecule has 0 amide bonds. The Morgan fingerprint density at radius 2 is 1.25 bits per heavy atom. The fraction of sp³-hybridized carbons (Fsp3) is 0.800. The molecule has 72 valence electrons. The van der Waals surface area contributed by atoms with Crippen LogP contribution >= 0.6 is 0 Å². The van der Waals surface area contributed by atoms with Crippen LogP contribution in [0.25, 0.3) is 0 Å². The lowest BCUT2D eigenvalue weighted by Gasteiger charge is -1.99. The van der Waals surface area contributed by atoms with E-state index in [1.165, 1.54) is 12.8 Å². The van der Waals surface area contributed by atoms with Gasteiger partial charge >= 0.3 is 0 Å². The molecule has 0 fully saturated rings. The van der Waals surface area contributed by atoms with Gasteiger partial charge in [-0.1, -0.05) is 26.7 Å². The molecule has 0 aromatic heterocycles. The summed E-state index contributed by atoms with van der Waals surface area (Å²) >= 11 is 0. The van der Waals surface area contributed by atoms with Crippen LogP contribution in [0.1, 0.15) is 39.5 Å². The Balaban J connectivity index is 2.93. The molecule has 0 aromatic carbocycles. The van der Waals surface area contributed by atoms with Gasteiger partial charge in [0.2, 0.25) is 0 Å². The Morgan fingerprint density at radius 3 is 1.58 bits per heavy atom. The summed E-state index contributed by atoms with van der Waals surface area (Å²) in [5.41, 5.74) is 0. The third-order valence-electron chi connectivity index (χ3n) is 1.48. The Labute approximate surface area is 75.6 Å². The van der Waals surface area contributed by atoms with E-state index in [4.69, 9.17) is 9.47 Å². The molecule has 0 aliphatic carbocycles. The molecule has 12 heavy (non-hydrogen) atoms. The van der Waals surface area contributed by atoms with Crippen LogP contribution in [0.4, 0.5) is 0 Å². The Morgan fingerprint density at radius 1 is 0.833 bits per heavy atom. The van der Waals surface area contributed by atoms with Gasteiger partial charge in [0.15, 0.2) is 0 Å². The molecule has 2 nitrogen and oxygen atoms in total. The van der Waals surface area contributed by atoms with E-state index in [2.05, 4.69) is 13.8 Å². The van der Waals surface area contributed by atoms with E-state index in [9.17, 15) is 0 Å². The number of ether oxygens (including phenoxy) is 2. The predicted octanol–water partition coefficient (Wildman–Crippen LogP) is 3.09. The van der Waals surface area contributed by atoms with Crippen molar-refractivity contribution in [2.45, 2.75) is 39.5 Å². The second kappa shape index (κ2) is 10.3. The molecule has 2 heteroatoms.